The van der Waals surface area contributed by atoms with Gasteiger partial charge < -0.3 is 9.47 Å². The van der Waals surface area contributed by atoms with Crippen LogP contribution in [0.3, 0.4) is 0 Å². The highest BCUT2D eigenvalue weighted by molar-refractivity contribution is 5.90. The number of carbonyl (C=O) groups is 2. The lowest BCUT2D eigenvalue weighted by Gasteiger charge is -2.34. The van der Waals surface area contributed by atoms with Crippen molar-refractivity contribution >= 4 is 17.7 Å². The van der Waals surface area contributed by atoms with Gasteiger partial charge in [0, 0.05) is 0 Å². The first-order valence-corrected chi connectivity index (χ1v) is 9.53. The second-order valence-electron chi connectivity index (χ2n) is 7.33. The van der Waals surface area contributed by atoms with Crippen molar-refractivity contribution < 1.29 is 32.2 Å². The number of anilines is 1. The fourth-order valence-electron chi connectivity index (χ4n) is 4.06. The summed E-state index contributed by atoms with van der Waals surface area (Å²) in [6, 6.07) is 4.75. The first-order chi connectivity index (χ1) is 13.3. The summed E-state index contributed by atoms with van der Waals surface area (Å²) < 4.78 is 51.2. The van der Waals surface area contributed by atoms with Crippen LogP contribution < -0.4 is 4.90 Å². The van der Waals surface area contributed by atoms with E-state index >= 15 is 0 Å². The number of hydrogen-bond acceptors (Lipinski definition) is 4. The van der Waals surface area contributed by atoms with Gasteiger partial charge in [-0.05, 0) is 56.6 Å². The van der Waals surface area contributed by atoms with E-state index in [0.29, 0.717) is 44.1 Å². The molecular weight excluding hydrogens is 375 g/mol. The summed E-state index contributed by atoms with van der Waals surface area (Å²) in [7, 11) is 1.32. The summed E-state index contributed by atoms with van der Waals surface area (Å²) in [5, 5.41) is 0. The van der Waals surface area contributed by atoms with E-state index in [2.05, 4.69) is 0 Å². The molecule has 3 rings (SSSR count). The fraction of sp³-hybridized carbons (Fsp3) is 0.600. The van der Waals surface area contributed by atoms with Gasteiger partial charge in [-0.1, -0.05) is 18.2 Å². The van der Waals surface area contributed by atoms with Crippen molar-refractivity contribution in [1.29, 1.82) is 0 Å². The number of alkyl halides is 3. The molecule has 0 bridgehead atoms. The topological polar surface area (TPSA) is 55.8 Å². The zero-order valence-electron chi connectivity index (χ0n) is 15.7. The lowest BCUT2D eigenvalue weighted by atomic mass is 9.87. The fourth-order valence-corrected chi connectivity index (χ4v) is 4.06. The smallest absolute Gasteiger partial charge is 0.415 e. The molecule has 1 fully saturated rings. The van der Waals surface area contributed by atoms with E-state index in [4.69, 9.17) is 9.47 Å². The molecule has 1 aromatic carbocycles. The maximum absolute atomic E-state index is 13.7. The monoisotopic (exact) mass is 399 g/mol. The Morgan fingerprint density at radius 3 is 2.39 bits per heavy atom. The molecule has 8 heteroatoms. The minimum Gasteiger partial charge on any atom is -0.469 e. The Morgan fingerprint density at radius 1 is 1.07 bits per heavy atom. The first kappa shape index (κ1) is 20.5. The van der Waals surface area contributed by atoms with Crippen LogP contribution in [0, 0.1) is 5.92 Å². The SMILES string of the molecule is COC(=O)C1CCC(OC(=O)N2c3ccccc3CCCC2C(F)(F)F)CC1. The molecular formula is C20H24F3NO4. The van der Waals surface area contributed by atoms with Crippen LogP contribution >= 0.6 is 0 Å². The number of methoxy groups -OCH3 is 1. The third-order valence-corrected chi connectivity index (χ3v) is 5.54. The molecule has 0 aromatic heterocycles. The maximum Gasteiger partial charge on any atom is 0.415 e. The Labute approximate surface area is 161 Å². The van der Waals surface area contributed by atoms with Crippen molar-refractivity contribution in [2.24, 2.45) is 5.92 Å². The van der Waals surface area contributed by atoms with Crippen molar-refractivity contribution in [2.75, 3.05) is 12.0 Å². The van der Waals surface area contributed by atoms with E-state index in [9.17, 15) is 22.8 Å². The Kier molecular flexibility index (Phi) is 6.15. The van der Waals surface area contributed by atoms with Crippen LogP contribution in [0.15, 0.2) is 24.3 Å². The summed E-state index contributed by atoms with van der Waals surface area (Å²) in [5.41, 5.74) is 0.969. The van der Waals surface area contributed by atoms with E-state index in [1.54, 1.807) is 18.2 Å². The van der Waals surface area contributed by atoms with Gasteiger partial charge in [0.05, 0.1) is 18.7 Å². The average Bonchev–Trinajstić information content (AvgIpc) is 2.87. The molecule has 1 amide bonds. The maximum atomic E-state index is 13.7. The Balaban J connectivity index is 1.77. The second kappa shape index (κ2) is 8.41. The second-order valence-corrected chi connectivity index (χ2v) is 7.33. The largest absolute Gasteiger partial charge is 0.469 e. The number of carbonyl (C=O) groups excluding carboxylic acids is 2. The van der Waals surface area contributed by atoms with Crippen molar-refractivity contribution in [2.45, 2.75) is 63.3 Å². The highest BCUT2D eigenvalue weighted by Gasteiger charge is 2.48. The van der Waals surface area contributed by atoms with Gasteiger partial charge in [0.1, 0.15) is 12.1 Å². The highest BCUT2D eigenvalue weighted by Crippen LogP contribution is 2.38. The van der Waals surface area contributed by atoms with Crippen molar-refractivity contribution in [3.8, 4) is 0 Å². The molecule has 1 unspecified atom stereocenters. The molecule has 5 nitrogen and oxygen atoms in total. The molecule has 1 aliphatic heterocycles. The standard InChI is InChI=1S/C20H24F3NO4/c1-27-18(25)14-9-11-15(12-10-14)28-19(26)24-16-7-3-2-5-13(16)6-4-8-17(24)20(21,22)23/h2-3,5,7,14-15,17H,4,6,8-12H2,1H3. The number of rotatable bonds is 2. The number of halogens is 3. The van der Waals surface area contributed by atoms with Gasteiger partial charge in [-0.25, -0.2) is 4.79 Å². The predicted molar refractivity (Wildman–Crippen MR) is 95.9 cm³/mol. The summed E-state index contributed by atoms with van der Waals surface area (Å²) in [4.78, 5) is 25.2. The lowest BCUT2D eigenvalue weighted by Crippen LogP contribution is -2.50. The van der Waals surface area contributed by atoms with E-state index in [-0.39, 0.29) is 24.0 Å². The number of para-hydroxylation sites is 1. The van der Waals surface area contributed by atoms with Gasteiger partial charge in [-0.3, -0.25) is 9.69 Å². The third kappa shape index (κ3) is 4.42. The van der Waals surface area contributed by atoms with Crippen LogP contribution in [0.1, 0.15) is 44.1 Å². The zero-order valence-corrected chi connectivity index (χ0v) is 15.7. The predicted octanol–water partition coefficient (Wildman–Crippen LogP) is 4.63. The number of hydrogen-bond donors (Lipinski definition) is 0. The van der Waals surface area contributed by atoms with Gasteiger partial charge >= 0.3 is 18.2 Å². The third-order valence-electron chi connectivity index (χ3n) is 5.54. The number of aryl methyl sites for hydroxylation is 1. The molecule has 0 saturated heterocycles. The Morgan fingerprint density at radius 2 is 1.75 bits per heavy atom. The Bertz CT molecular complexity index is 714. The van der Waals surface area contributed by atoms with Crippen LogP contribution in [0.2, 0.25) is 0 Å². The van der Waals surface area contributed by atoms with Crippen molar-refractivity contribution in [3.05, 3.63) is 29.8 Å². The van der Waals surface area contributed by atoms with Gasteiger partial charge in [-0.2, -0.15) is 13.2 Å². The molecule has 0 spiro atoms. The van der Waals surface area contributed by atoms with Crippen molar-refractivity contribution in [1.82, 2.24) is 0 Å². The zero-order chi connectivity index (χ0) is 20.3. The van der Waals surface area contributed by atoms with E-state index in [1.165, 1.54) is 13.2 Å². The number of benzene rings is 1. The normalized spacial score (nSPS) is 25.4. The van der Waals surface area contributed by atoms with Gasteiger partial charge in [0.15, 0.2) is 0 Å². The number of ether oxygens (including phenoxy) is 2. The van der Waals surface area contributed by atoms with Gasteiger partial charge in [-0.15, -0.1) is 0 Å². The molecule has 1 atom stereocenters. The molecule has 1 aromatic rings. The quantitative estimate of drug-likeness (QED) is 0.681. The van der Waals surface area contributed by atoms with E-state index < -0.39 is 24.4 Å². The van der Waals surface area contributed by atoms with Crippen LogP contribution in [0.4, 0.5) is 23.7 Å². The molecule has 1 aliphatic carbocycles. The Hall–Kier alpha value is -2.25. The van der Waals surface area contributed by atoms with Crippen LogP contribution in [-0.2, 0) is 20.7 Å². The van der Waals surface area contributed by atoms with Gasteiger partial charge in [0.25, 0.3) is 0 Å². The number of amides is 1. The molecule has 154 valence electrons. The minimum absolute atomic E-state index is 0.164. The molecule has 1 saturated carbocycles. The van der Waals surface area contributed by atoms with E-state index in [1.807, 2.05) is 0 Å². The molecule has 2 aliphatic rings. The highest BCUT2D eigenvalue weighted by atomic mass is 19.4. The summed E-state index contributed by atoms with van der Waals surface area (Å²) in [6.45, 7) is 0. The van der Waals surface area contributed by atoms with E-state index in [0.717, 1.165) is 4.90 Å². The first-order valence-electron chi connectivity index (χ1n) is 9.53. The average molecular weight is 399 g/mol. The number of fused-ring (bicyclic) bond motifs is 1. The van der Waals surface area contributed by atoms with Gasteiger partial charge in [0.2, 0.25) is 0 Å². The lowest BCUT2D eigenvalue weighted by molar-refractivity contribution is -0.150. The minimum atomic E-state index is -4.54. The van der Waals surface area contributed by atoms with Crippen LogP contribution in [0.5, 0.6) is 0 Å². The van der Waals surface area contributed by atoms with Crippen molar-refractivity contribution in [3.63, 3.8) is 0 Å². The summed E-state index contributed by atoms with van der Waals surface area (Å²) in [5.74, 6) is -0.551. The number of nitrogens with zero attached hydrogens (tertiary/aromatic N) is 1. The summed E-state index contributed by atoms with van der Waals surface area (Å²) >= 11 is 0. The molecule has 1 heterocycles. The molecule has 0 radical (unpaired) electrons. The number of esters is 1. The van der Waals surface area contributed by atoms with Crippen LogP contribution in [0.25, 0.3) is 0 Å². The molecule has 0 N–H and O–H groups in total. The molecule has 28 heavy (non-hydrogen) atoms. The van der Waals surface area contributed by atoms with Crippen LogP contribution in [-0.4, -0.2) is 37.5 Å². The summed E-state index contributed by atoms with van der Waals surface area (Å²) in [6.07, 6.45) is -3.52.